The van der Waals surface area contributed by atoms with Crippen LogP contribution in [-0.2, 0) is 4.79 Å². The fraction of sp³-hybridized carbons (Fsp3) is 0.250. The maximum absolute atomic E-state index is 11.9. The molecule has 0 aliphatic rings. The number of aryl methyl sites for hydroxylation is 1. The molecule has 2 rings (SSSR count). The third kappa shape index (κ3) is 3.53. The van der Waals surface area contributed by atoms with E-state index in [9.17, 15) is 14.9 Å². The number of carbonyl (C=O) groups excluding carboxylic acids is 1. The Bertz CT molecular complexity index is 669. The minimum atomic E-state index is -0.544. The molecule has 0 radical (unpaired) electrons. The maximum atomic E-state index is 11.9. The second kappa shape index (κ2) is 5.99. The number of nitrogens with zero attached hydrogens (tertiary/aromatic N) is 4. The zero-order valence-electron chi connectivity index (χ0n) is 11.4. The van der Waals surface area contributed by atoms with Crippen LogP contribution in [0.5, 0.6) is 0 Å². The summed E-state index contributed by atoms with van der Waals surface area (Å²) in [5, 5.41) is 17.1. The lowest BCUT2D eigenvalue weighted by Crippen LogP contribution is -2.31. The molecule has 0 aliphatic carbocycles. The van der Waals surface area contributed by atoms with Crippen LogP contribution < -0.4 is 10.2 Å². The lowest BCUT2D eigenvalue weighted by atomic mass is 10.3. The van der Waals surface area contributed by atoms with Gasteiger partial charge in [0.2, 0.25) is 11.7 Å². The average Bonchev–Trinajstić information content (AvgIpc) is 2.83. The van der Waals surface area contributed by atoms with E-state index in [0.717, 1.165) is 0 Å². The third-order valence-corrected chi connectivity index (χ3v) is 2.60. The van der Waals surface area contributed by atoms with Crippen molar-refractivity contribution in [3.05, 3.63) is 40.3 Å². The van der Waals surface area contributed by atoms with E-state index in [1.165, 1.54) is 23.2 Å². The van der Waals surface area contributed by atoms with Crippen LogP contribution in [0.25, 0.3) is 0 Å². The second-order valence-electron chi connectivity index (χ2n) is 4.33. The molecule has 9 heteroatoms. The van der Waals surface area contributed by atoms with Gasteiger partial charge in [-0.15, -0.1) is 0 Å². The Morgan fingerprint density at radius 2 is 2.33 bits per heavy atom. The van der Waals surface area contributed by atoms with Crippen LogP contribution in [-0.4, -0.2) is 34.6 Å². The SMILES string of the molecule is Cc1cc(NC(=O)CN(C)c2ncccc2[N+](=O)[O-])no1. The summed E-state index contributed by atoms with van der Waals surface area (Å²) in [6.07, 6.45) is 1.43. The van der Waals surface area contributed by atoms with Gasteiger partial charge in [-0.25, -0.2) is 4.98 Å². The molecule has 2 heterocycles. The Balaban J connectivity index is 2.06. The van der Waals surface area contributed by atoms with Crippen molar-refractivity contribution < 1.29 is 14.2 Å². The van der Waals surface area contributed by atoms with E-state index in [0.29, 0.717) is 11.6 Å². The van der Waals surface area contributed by atoms with E-state index in [2.05, 4.69) is 15.5 Å². The Hall–Kier alpha value is -2.97. The number of pyridine rings is 1. The highest BCUT2D eigenvalue weighted by molar-refractivity contribution is 5.93. The van der Waals surface area contributed by atoms with Crippen molar-refractivity contribution in [1.82, 2.24) is 10.1 Å². The highest BCUT2D eigenvalue weighted by Crippen LogP contribution is 2.23. The molecule has 0 atom stereocenters. The predicted molar refractivity (Wildman–Crippen MR) is 74.0 cm³/mol. The monoisotopic (exact) mass is 291 g/mol. The minimum absolute atomic E-state index is 0.107. The minimum Gasteiger partial charge on any atom is -0.360 e. The quantitative estimate of drug-likeness (QED) is 0.653. The average molecular weight is 291 g/mol. The molecular weight excluding hydrogens is 278 g/mol. The van der Waals surface area contributed by atoms with Crippen molar-refractivity contribution >= 4 is 23.2 Å². The van der Waals surface area contributed by atoms with Gasteiger partial charge in [-0.1, -0.05) is 5.16 Å². The van der Waals surface area contributed by atoms with E-state index < -0.39 is 4.92 Å². The molecule has 0 bridgehead atoms. The first-order chi connectivity index (χ1) is 9.97. The number of nitrogens with one attached hydrogen (secondary N) is 1. The van der Waals surface area contributed by atoms with Crippen molar-refractivity contribution in [2.24, 2.45) is 0 Å². The summed E-state index contributed by atoms with van der Waals surface area (Å²) in [5.41, 5.74) is -0.162. The molecule has 21 heavy (non-hydrogen) atoms. The largest absolute Gasteiger partial charge is 0.360 e. The second-order valence-corrected chi connectivity index (χ2v) is 4.33. The zero-order chi connectivity index (χ0) is 15.4. The topological polar surface area (TPSA) is 114 Å². The van der Waals surface area contributed by atoms with Gasteiger partial charge in [0.1, 0.15) is 5.76 Å². The molecule has 0 fully saturated rings. The lowest BCUT2D eigenvalue weighted by Gasteiger charge is -2.16. The zero-order valence-corrected chi connectivity index (χ0v) is 11.4. The van der Waals surface area contributed by atoms with Crippen molar-refractivity contribution in [2.45, 2.75) is 6.92 Å². The van der Waals surface area contributed by atoms with Crippen LogP contribution in [0.3, 0.4) is 0 Å². The van der Waals surface area contributed by atoms with Gasteiger partial charge < -0.3 is 14.7 Å². The van der Waals surface area contributed by atoms with Crippen LogP contribution in [0, 0.1) is 17.0 Å². The van der Waals surface area contributed by atoms with Crippen LogP contribution in [0.4, 0.5) is 17.3 Å². The summed E-state index contributed by atoms with van der Waals surface area (Å²) in [6.45, 7) is 1.59. The molecule has 9 nitrogen and oxygen atoms in total. The molecule has 2 aromatic rings. The van der Waals surface area contributed by atoms with Crippen molar-refractivity contribution in [3.8, 4) is 0 Å². The van der Waals surface area contributed by atoms with Crippen LogP contribution in [0.1, 0.15) is 5.76 Å². The summed E-state index contributed by atoms with van der Waals surface area (Å²) in [6, 6.07) is 4.37. The summed E-state index contributed by atoms with van der Waals surface area (Å²) in [7, 11) is 1.54. The summed E-state index contributed by atoms with van der Waals surface area (Å²) >= 11 is 0. The molecule has 110 valence electrons. The van der Waals surface area contributed by atoms with E-state index >= 15 is 0 Å². The number of hydrogen-bond acceptors (Lipinski definition) is 7. The first-order valence-corrected chi connectivity index (χ1v) is 6.01. The van der Waals surface area contributed by atoms with Gasteiger partial charge in [-0.2, -0.15) is 0 Å². The van der Waals surface area contributed by atoms with Gasteiger partial charge in [0.15, 0.2) is 5.82 Å². The van der Waals surface area contributed by atoms with Gasteiger partial charge in [-0.05, 0) is 13.0 Å². The molecule has 0 spiro atoms. The molecule has 0 saturated carbocycles. The number of aromatic nitrogens is 2. The van der Waals surface area contributed by atoms with E-state index in [1.54, 1.807) is 20.0 Å². The Morgan fingerprint density at radius 1 is 1.57 bits per heavy atom. The Morgan fingerprint density at radius 3 is 2.95 bits per heavy atom. The fourth-order valence-corrected chi connectivity index (χ4v) is 1.72. The molecule has 1 N–H and O–H groups in total. The van der Waals surface area contributed by atoms with Crippen molar-refractivity contribution in [2.75, 3.05) is 23.8 Å². The lowest BCUT2D eigenvalue weighted by molar-refractivity contribution is -0.384. The van der Waals surface area contributed by atoms with Gasteiger partial charge >= 0.3 is 5.69 Å². The smallest absolute Gasteiger partial charge is 0.311 e. The highest BCUT2D eigenvalue weighted by atomic mass is 16.6. The number of rotatable bonds is 5. The van der Waals surface area contributed by atoms with Gasteiger partial charge in [-0.3, -0.25) is 14.9 Å². The van der Waals surface area contributed by atoms with Crippen LogP contribution in [0.2, 0.25) is 0 Å². The molecule has 0 unspecified atom stereocenters. The molecular formula is C12H13N5O4. The molecule has 0 aromatic carbocycles. The molecule has 2 aromatic heterocycles. The third-order valence-electron chi connectivity index (χ3n) is 2.60. The van der Waals surface area contributed by atoms with Gasteiger partial charge in [0.25, 0.3) is 0 Å². The molecule has 0 aliphatic heterocycles. The van der Waals surface area contributed by atoms with Crippen LogP contribution >= 0.6 is 0 Å². The Kier molecular flexibility index (Phi) is 4.12. The highest BCUT2D eigenvalue weighted by Gasteiger charge is 2.20. The summed E-state index contributed by atoms with van der Waals surface area (Å²) < 4.78 is 4.83. The van der Waals surface area contributed by atoms with E-state index in [4.69, 9.17) is 4.52 Å². The number of hydrogen-bond donors (Lipinski definition) is 1. The maximum Gasteiger partial charge on any atom is 0.311 e. The number of amides is 1. The first kappa shape index (κ1) is 14.4. The van der Waals surface area contributed by atoms with E-state index in [-0.39, 0.29) is 24.0 Å². The van der Waals surface area contributed by atoms with Crippen molar-refractivity contribution in [1.29, 1.82) is 0 Å². The van der Waals surface area contributed by atoms with Gasteiger partial charge in [0.05, 0.1) is 11.5 Å². The van der Waals surface area contributed by atoms with Gasteiger partial charge in [0, 0.05) is 25.4 Å². The summed E-state index contributed by atoms with van der Waals surface area (Å²) in [5.74, 6) is 0.597. The number of anilines is 2. The molecule has 0 saturated heterocycles. The van der Waals surface area contributed by atoms with Crippen LogP contribution in [0.15, 0.2) is 28.9 Å². The van der Waals surface area contributed by atoms with E-state index in [1.807, 2.05) is 0 Å². The first-order valence-electron chi connectivity index (χ1n) is 6.01. The normalized spacial score (nSPS) is 10.2. The Labute approximate surface area is 119 Å². The van der Waals surface area contributed by atoms with Crippen molar-refractivity contribution in [3.63, 3.8) is 0 Å². The number of likely N-dealkylation sites (N-methyl/N-ethyl adjacent to an activating group) is 1. The predicted octanol–water partition coefficient (Wildman–Crippen LogP) is 1.36. The number of carbonyl (C=O) groups is 1. The number of nitro groups is 1. The standard InChI is InChI=1S/C12H13N5O4/c1-8-6-10(15-21-8)14-11(18)7-16(2)12-9(17(19)20)4-3-5-13-12/h3-6H,7H2,1-2H3,(H,14,15,18). The summed E-state index contributed by atoms with van der Waals surface area (Å²) in [4.78, 5) is 27.6. The fourth-order valence-electron chi connectivity index (χ4n) is 1.72. The molecule has 1 amide bonds.